The van der Waals surface area contributed by atoms with Gasteiger partial charge in [-0.2, -0.15) is 5.26 Å². The molecular weight excluding hydrogens is 400 g/mol. The lowest BCUT2D eigenvalue weighted by atomic mass is 10.2. The molecule has 8 heteroatoms. The summed E-state index contributed by atoms with van der Waals surface area (Å²) in [5.41, 5.74) is 4.35. The minimum atomic E-state index is -0.140. The number of nitrogens with one attached hydrogen (secondary N) is 1. The van der Waals surface area contributed by atoms with Gasteiger partial charge in [0.25, 0.3) is 0 Å². The number of amides is 1. The Balaban J connectivity index is 1.42. The van der Waals surface area contributed by atoms with Crippen LogP contribution in [0, 0.1) is 18.3 Å². The lowest BCUT2D eigenvalue weighted by Gasteiger charge is -2.10. The van der Waals surface area contributed by atoms with Crippen molar-refractivity contribution in [1.82, 2.24) is 9.38 Å². The van der Waals surface area contributed by atoms with Crippen LogP contribution < -0.4 is 14.8 Å². The molecule has 0 spiro atoms. The number of benzene rings is 2. The number of rotatable bonds is 4. The molecule has 1 aliphatic rings. The van der Waals surface area contributed by atoms with E-state index in [9.17, 15) is 10.1 Å². The highest BCUT2D eigenvalue weighted by molar-refractivity contribution is 7.99. The van der Waals surface area contributed by atoms with Crippen LogP contribution in [-0.2, 0) is 4.79 Å². The number of aromatic nitrogens is 2. The topological polar surface area (TPSA) is 88.7 Å². The number of imidazole rings is 1. The summed E-state index contributed by atoms with van der Waals surface area (Å²) < 4.78 is 12.6. The van der Waals surface area contributed by atoms with Gasteiger partial charge in [0.15, 0.2) is 17.1 Å². The second-order valence-corrected chi connectivity index (χ2v) is 7.81. The standard InChI is InChI=1S/C22H16N4O3S/c1-13-8-21(26-17-5-3-2-4-16(17)25-22(26)15(13)10-23)30-11-20(27)24-14-6-7-18-19(9-14)29-12-28-18/h2-9H,11-12H2,1H3,(H,24,27). The SMILES string of the molecule is Cc1cc(SCC(=O)Nc2ccc3c(c2)OCO3)n2c(nc3ccccc32)c1C#N. The number of anilines is 1. The van der Waals surface area contributed by atoms with E-state index in [1.165, 1.54) is 11.8 Å². The number of carbonyl (C=O) groups is 1. The number of thioether (sulfide) groups is 1. The molecule has 0 saturated carbocycles. The molecule has 2 aromatic carbocycles. The van der Waals surface area contributed by atoms with Gasteiger partial charge in [-0.3, -0.25) is 9.20 Å². The van der Waals surface area contributed by atoms with Crippen molar-refractivity contribution in [3.8, 4) is 17.6 Å². The van der Waals surface area contributed by atoms with Crippen LogP contribution in [0.4, 0.5) is 5.69 Å². The van der Waals surface area contributed by atoms with E-state index in [1.807, 2.05) is 41.7 Å². The summed E-state index contributed by atoms with van der Waals surface area (Å²) in [6.07, 6.45) is 0. The largest absolute Gasteiger partial charge is 0.454 e. The van der Waals surface area contributed by atoms with Crippen molar-refractivity contribution >= 4 is 40.0 Å². The minimum Gasteiger partial charge on any atom is -0.454 e. The fraction of sp³-hybridized carbons (Fsp3) is 0.136. The summed E-state index contributed by atoms with van der Waals surface area (Å²) in [5, 5.41) is 13.3. The molecule has 2 aromatic heterocycles. The minimum absolute atomic E-state index is 0.140. The number of aryl methyl sites for hydroxylation is 1. The number of pyridine rings is 1. The first kappa shape index (κ1) is 18.3. The molecule has 30 heavy (non-hydrogen) atoms. The zero-order chi connectivity index (χ0) is 20.7. The molecule has 0 radical (unpaired) electrons. The predicted molar refractivity (Wildman–Crippen MR) is 114 cm³/mol. The molecule has 1 aliphatic heterocycles. The zero-order valence-electron chi connectivity index (χ0n) is 16.0. The van der Waals surface area contributed by atoms with Crippen molar-refractivity contribution in [3.05, 3.63) is 59.7 Å². The van der Waals surface area contributed by atoms with Crippen molar-refractivity contribution in [2.45, 2.75) is 11.9 Å². The molecule has 0 unspecified atom stereocenters. The molecule has 7 nitrogen and oxygen atoms in total. The van der Waals surface area contributed by atoms with Gasteiger partial charge in [0, 0.05) is 11.8 Å². The van der Waals surface area contributed by atoms with Gasteiger partial charge < -0.3 is 14.8 Å². The number of ether oxygens (including phenoxy) is 2. The molecule has 3 heterocycles. The third-order valence-corrected chi connectivity index (χ3v) is 5.86. The van der Waals surface area contributed by atoms with Gasteiger partial charge >= 0.3 is 0 Å². The van der Waals surface area contributed by atoms with Gasteiger partial charge in [0.2, 0.25) is 12.7 Å². The smallest absolute Gasteiger partial charge is 0.234 e. The van der Waals surface area contributed by atoms with E-state index in [2.05, 4.69) is 16.4 Å². The van der Waals surface area contributed by atoms with Crippen molar-refractivity contribution in [1.29, 1.82) is 5.26 Å². The Morgan fingerprint density at radius 1 is 1.23 bits per heavy atom. The molecular formula is C22H16N4O3S. The second-order valence-electron chi connectivity index (χ2n) is 6.82. The highest BCUT2D eigenvalue weighted by atomic mass is 32.2. The van der Waals surface area contributed by atoms with Gasteiger partial charge in [-0.05, 0) is 42.8 Å². The maximum Gasteiger partial charge on any atom is 0.234 e. The first-order valence-electron chi connectivity index (χ1n) is 9.27. The van der Waals surface area contributed by atoms with Crippen LogP contribution in [0.3, 0.4) is 0 Å². The maximum absolute atomic E-state index is 12.6. The van der Waals surface area contributed by atoms with Gasteiger partial charge in [-0.25, -0.2) is 4.98 Å². The van der Waals surface area contributed by atoms with E-state index < -0.39 is 0 Å². The number of hydrogen-bond acceptors (Lipinski definition) is 6. The van der Waals surface area contributed by atoms with E-state index >= 15 is 0 Å². The number of nitriles is 1. The van der Waals surface area contributed by atoms with Crippen molar-refractivity contribution in [2.24, 2.45) is 0 Å². The number of nitrogens with zero attached hydrogens (tertiary/aromatic N) is 3. The molecule has 148 valence electrons. The molecule has 5 rings (SSSR count). The summed E-state index contributed by atoms with van der Waals surface area (Å²) >= 11 is 1.40. The normalized spacial score (nSPS) is 12.3. The molecule has 0 fully saturated rings. The highest BCUT2D eigenvalue weighted by Crippen LogP contribution is 2.34. The van der Waals surface area contributed by atoms with Crippen LogP contribution in [0.1, 0.15) is 11.1 Å². The van der Waals surface area contributed by atoms with Gasteiger partial charge in [0.05, 0.1) is 27.4 Å². The fourth-order valence-corrected chi connectivity index (χ4v) is 4.40. The van der Waals surface area contributed by atoms with Crippen LogP contribution in [-0.4, -0.2) is 27.8 Å². The van der Waals surface area contributed by atoms with Crippen molar-refractivity contribution in [3.63, 3.8) is 0 Å². The Morgan fingerprint density at radius 2 is 2.07 bits per heavy atom. The van der Waals surface area contributed by atoms with Gasteiger partial charge in [-0.1, -0.05) is 23.9 Å². The Labute approximate surface area is 176 Å². The monoisotopic (exact) mass is 416 g/mol. The summed E-state index contributed by atoms with van der Waals surface area (Å²) in [6, 6.07) is 17.2. The number of hydrogen-bond donors (Lipinski definition) is 1. The summed E-state index contributed by atoms with van der Waals surface area (Å²) in [7, 11) is 0. The fourth-order valence-electron chi connectivity index (χ4n) is 3.47. The van der Waals surface area contributed by atoms with E-state index in [1.54, 1.807) is 18.2 Å². The third-order valence-electron chi connectivity index (χ3n) is 4.86. The van der Waals surface area contributed by atoms with E-state index in [0.29, 0.717) is 28.4 Å². The molecule has 0 aliphatic carbocycles. The van der Waals surface area contributed by atoms with E-state index in [0.717, 1.165) is 21.6 Å². The quantitative estimate of drug-likeness (QED) is 0.503. The van der Waals surface area contributed by atoms with Crippen LogP contribution in [0.2, 0.25) is 0 Å². The lowest BCUT2D eigenvalue weighted by Crippen LogP contribution is -2.14. The van der Waals surface area contributed by atoms with Crippen LogP contribution in [0.25, 0.3) is 16.7 Å². The summed E-state index contributed by atoms with van der Waals surface area (Å²) in [5.74, 6) is 1.36. The molecule has 1 amide bonds. The zero-order valence-corrected chi connectivity index (χ0v) is 16.8. The van der Waals surface area contributed by atoms with E-state index in [4.69, 9.17) is 9.47 Å². The Kier molecular flexibility index (Phi) is 4.45. The van der Waals surface area contributed by atoms with Crippen LogP contribution in [0.5, 0.6) is 11.5 Å². The van der Waals surface area contributed by atoms with Crippen LogP contribution in [0.15, 0.2) is 53.6 Å². The van der Waals surface area contributed by atoms with Gasteiger partial charge in [-0.15, -0.1) is 0 Å². The van der Waals surface area contributed by atoms with E-state index in [-0.39, 0.29) is 18.5 Å². The van der Waals surface area contributed by atoms with Crippen molar-refractivity contribution in [2.75, 3.05) is 17.9 Å². The highest BCUT2D eigenvalue weighted by Gasteiger charge is 2.17. The molecule has 0 bridgehead atoms. The Morgan fingerprint density at radius 3 is 2.93 bits per heavy atom. The molecule has 0 saturated heterocycles. The summed E-state index contributed by atoms with van der Waals surface area (Å²) in [6.45, 7) is 2.07. The lowest BCUT2D eigenvalue weighted by molar-refractivity contribution is -0.113. The Hall–Kier alpha value is -3.70. The summed E-state index contributed by atoms with van der Waals surface area (Å²) in [4.78, 5) is 17.2. The molecule has 1 N–H and O–H groups in total. The number of carbonyl (C=O) groups excluding carboxylic acids is 1. The second kappa shape index (κ2) is 7.28. The average Bonchev–Trinajstić information content (AvgIpc) is 3.36. The van der Waals surface area contributed by atoms with Crippen molar-refractivity contribution < 1.29 is 14.3 Å². The first-order chi connectivity index (χ1) is 14.6. The van der Waals surface area contributed by atoms with Gasteiger partial charge in [0.1, 0.15) is 6.07 Å². The third kappa shape index (κ3) is 3.09. The first-order valence-corrected chi connectivity index (χ1v) is 10.3. The predicted octanol–water partition coefficient (Wildman–Crippen LogP) is 4.13. The molecule has 0 atom stereocenters. The average molecular weight is 416 g/mol. The molecule has 4 aromatic rings. The number of fused-ring (bicyclic) bond motifs is 4. The Bertz CT molecular complexity index is 1360. The number of para-hydroxylation sites is 2. The maximum atomic E-state index is 12.6. The van der Waals surface area contributed by atoms with Crippen LogP contribution >= 0.6 is 11.8 Å².